The summed E-state index contributed by atoms with van der Waals surface area (Å²) in [5.41, 5.74) is 2.28. The average molecular weight is 329 g/mol. The molecule has 0 radical (unpaired) electrons. The monoisotopic (exact) mass is 328 g/mol. The van der Waals surface area contributed by atoms with Crippen LogP contribution in [0.3, 0.4) is 0 Å². The molecular weight excluding hydrogens is 304 g/mol. The van der Waals surface area contributed by atoms with Gasteiger partial charge in [-0.3, -0.25) is 4.79 Å². The Kier molecular flexibility index (Phi) is 6.52. The number of amides is 1. The molecule has 0 aromatic carbocycles. The molecule has 1 aromatic rings. The molecule has 21 heavy (non-hydrogen) atoms. The van der Waals surface area contributed by atoms with Crippen molar-refractivity contribution in [3.8, 4) is 0 Å². The number of piperidine rings is 1. The van der Waals surface area contributed by atoms with Crippen molar-refractivity contribution in [1.29, 1.82) is 0 Å². The van der Waals surface area contributed by atoms with Gasteiger partial charge in [-0.15, -0.1) is 23.7 Å². The Bertz CT molecular complexity index is 469. The minimum absolute atomic E-state index is 0. The van der Waals surface area contributed by atoms with Crippen LogP contribution in [-0.2, 0) is 12.8 Å². The number of fused-ring (bicyclic) bond motifs is 1. The summed E-state index contributed by atoms with van der Waals surface area (Å²) in [5.74, 6) is 0.883. The van der Waals surface area contributed by atoms with Crippen molar-refractivity contribution in [3.05, 3.63) is 21.4 Å². The maximum atomic E-state index is 12.3. The second kappa shape index (κ2) is 8.16. The maximum Gasteiger partial charge on any atom is 0.252 e. The van der Waals surface area contributed by atoms with Crippen molar-refractivity contribution in [2.75, 3.05) is 19.6 Å². The summed E-state index contributed by atoms with van der Waals surface area (Å²) in [7, 11) is 0. The largest absolute Gasteiger partial charge is 0.352 e. The molecule has 118 valence electrons. The van der Waals surface area contributed by atoms with Gasteiger partial charge in [0.2, 0.25) is 0 Å². The highest BCUT2D eigenvalue weighted by atomic mass is 35.5. The van der Waals surface area contributed by atoms with E-state index in [4.69, 9.17) is 0 Å². The number of hydrogen-bond donors (Lipinski definition) is 2. The molecule has 1 unspecified atom stereocenters. The molecule has 0 saturated carbocycles. The van der Waals surface area contributed by atoms with E-state index in [1.165, 1.54) is 42.5 Å². The van der Waals surface area contributed by atoms with Crippen molar-refractivity contribution in [3.63, 3.8) is 0 Å². The Balaban J connectivity index is 0.00000161. The summed E-state index contributed by atoms with van der Waals surface area (Å²) in [5, 5.41) is 8.62. The van der Waals surface area contributed by atoms with E-state index in [0.717, 1.165) is 44.0 Å². The smallest absolute Gasteiger partial charge is 0.252 e. The topological polar surface area (TPSA) is 41.1 Å². The molecule has 2 N–H and O–H groups in total. The molecule has 0 bridgehead atoms. The lowest BCUT2D eigenvalue weighted by Crippen LogP contribution is -2.33. The van der Waals surface area contributed by atoms with Crippen molar-refractivity contribution in [2.24, 2.45) is 5.92 Å². The summed E-state index contributed by atoms with van der Waals surface area (Å²) >= 11 is 1.77. The lowest BCUT2D eigenvalue weighted by molar-refractivity contribution is 0.0950. The van der Waals surface area contributed by atoms with E-state index in [1.54, 1.807) is 11.3 Å². The molecule has 1 amide bonds. The molecule has 1 atom stereocenters. The number of thiophene rings is 1. The third kappa shape index (κ3) is 4.21. The van der Waals surface area contributed by atoms with E-state index < -0.39 is 0 Å². The highest BCUT2D eigenvalue weighted by molar-refractivity contribution is 7.10. The summed E-state index contributed by atoms with van der Waals surface area (Å²) in [6.45, 7) is 3.09. The van der Waals surface area contributed by atoms with Gasteiger partial charge in [-0.05, 0) is 69.5 Å². The Morgan fingerprint density at radius 3 is 3.00 bits per heavy atom. The molecule has 1 fully saturated rings. The number of hydrogen-bond acceptors (Lipinski definition) is 3. The fourth-order valence-corrected chi connectivity index (χ4v) is 4.47. The summed E-state index contributed by atoms with van der Waals surface area (Å²) in [4.78, 5) is 13.7. The Hall–Kier alpha value is -0.580. The second-order valence-electron chi connectivity index (χ2n) is 6.02. The lowest BCUT2D eigenvalue weighted by atomic mass is 9.95. The van der Waals surface area contributed by atoms with Gasteiger partial charge in [0.1, 0.15) is 0 Å². The van der Waals surface area contributed by atoms with Crippen LogP contribution in [0.4, 0.5) is 0 Å². The minimum atomic E-state index is 0. The van der Waals surface area contributed by atoms with Crippen molar-refractivity contribution < 1.29 is 4.79 Å². The maximum absolute atomic E-state index is 12.3. The standard InChI is InChI=1S/C16H24N2OS.ClH/c19-16(18-9-7-12-4-3-8-17-10-12)14-11-20-15-6-2-1-5-13(14)15;/h11-12,17H,1-10H2,(H,18,19);1H. The van der Waals surface area contributed by atoms with Crippen LogP contribution >= 0.6 is 23.7 Å². The number of nitrogens with one attached hydrogen (secondary N) is 2. The van der Waals surface area contributed by atoms with E-state index in [9.17, 15) is 4.79 Å². The number of aryl methyl sites for hydroxylation is 1. The van der Waals surface area contributed by atoms with E-state index in [1.807, 2.05) is 0 Å². The predicted molar refractivity (Wildman–Crippen MR) is 90.8 cm³/mol. The zero-order valence-corrected chi connectivity index (χ0v) is 14.1. The molecule has 0 spiro atoms. The van der Waals surface area contributed by atoms with Gasteiger partial charge in [-0.1, -0.05) is 0 Å². The highest BCUT2D eigenvalue weighted by Gasteiger charge is 2.20. The number of rotatable bonds is 4. The van der Waals surface area contributed by atoms with Crippen LogP contribution in [-0.4, -0.2) is 25.5 Å². The quantitative estimate of drug-likeness (QED) is 0.891. The molecule has 1 aliphatic heterocycles. The first-order valence-corrected chi connectivity index (χ1v) is 8.80. The van der Waals surface area contributed by atoms with Crippen molar-refractivity contribution in [1.82, 2.24) is 10.6 Å². The van der Waals surface area contributed by atoms with Crippen LogP contribution in [0.5, 0.6) is 0 Å². The number of carbonyl (C=O) groups excluding carboxylic acids is 1. The molecule has 5 heteroatoms. The summed E-state index contributed by atoms with van der Waals surface area (Å²) in [6, 6.07) is 0. The van der Waals surface area contributed by atoms with Crippen LogP contribution in [0.15, 0.2) is 5.38 Å². The van der Waals surface area contributed by atoms with Crippen LogP contribution in [0.1, 0.15) is 52.9 Å². The van der Waals surface area contributed by atoms with Crippen LogP contribution < -0.4 is 10.6 Å². The molecule has 3 rings (SSSR count). The molecule has 1 saturated heterocycles. The molecular formula is C16H25ClN2OS. The third-order valence-electron chi connectivity index (χ3n) is 4.54. The van der Waals surface area contributed by atoms with E-state index in [-0.39, 0.29) is 18.3 Å². The van der Waals surface area contributed by atoms with Gasteiger partial charge in [0, 0.05) is 16.8 Å². The summed E-state index contributed by atoms with van der Waals surface area (Å²) in [6.07, 6.45) is 8.45. The van der Waals surface area contributed by atoms with Crippen LogP contribution in [0.25, 0.3) is 0 Å². The normalized spacial score (nSPS) is 21.2. The van der Waals surface area contributed by atoms with Gasteiger partial charge in [0.25, 0.3) is 5.91 Å². The SMILES string of the molecule is Cl.O=C(NCCC1CCCNC1)c1csc2c1CCCC2. The molecule has 3 nitrogen and oxygen atoms in total. The first kappa shape index (κ1) is 16.8. The van der Waals surface area contributed by atoms with E-state index in [2.05, 4.69) is 16.0 Å². The fourth-order valence-electron chi connectivity index (χ4n) is 3.34. The lowest BCUT2D eigenvalue weighted by Gasteiger charge is -2.22. The molecule has 2 heterocycles. The summed E-state index contributed by atoms with van der Waals surface area (Å²) < 4.78 is 0. The average Bonchev–Trinajstić information content (AvgIpc) is 2.92. The van der Waals surface area contributed by atoms with E-state index in [0.29, 0.717) is 0 Å². The first-order chi connectivity index (χ1) is 9.84. The van der Waals surface area contributed by atoms with Gasteiger partial charge >= 0.3 is 0 Å². The van der Waals surface area contributed by atoms with Gasteiger partial charge < -0.3 is 10.6 Å². The highest BCUT2D eigenvalue weighted by Crippen LogP contribution is 2.30. The van der Waals surface area contributed by atoms with Gasteiger partial charge in [0.05, 0.1) is 5.56 Å². The van der Waals surface area contributed by atoms with Gasteiger partial charge in [-0.2, -0.15) is 0 Å². The van der Waals surface area contributed by atoms with Crippen LogP contribution in [0.2, 0.25) is 0 Å². The fraction of sp³-hybridized carbons (Fsp3) is 0.688. The van der Waals surface area contributed by atoms with Crippen molar-refractivity contribution in [2.45, 2.75) is 44.9 Å². The minimum Gasteiger partial charge on any atom is -0.352 e. The second-order valence-corrected chi connectivity index (χ2v) is 6.98. The molecule has 1 aliphatic carbocycles. The van der Waals surface area contributed by atoms with Crippen LogP contribution in [0, 0.1) is 5.92 Å². The zero-order valence-electron chi connectivity index (χ0n) is 12.5. The number of carbonyl (C=O) groups is 1. The van der Waals surface area contributed by atoms with Crippen molar-refractivity contribution >= 4 is 29.7 Å². The molecule has 2 aliphatic rings. The Morgan fingerprint density at radius 2 is 2.19 bits per heavy atom. The van der Waals surface area contributed by atoms with Gasteiger partial charge in [-0.25, -0.2) is 0 Å². The predicted octanol–water partition coefficient (Wildman–Crippen LogP) is 3.17. The number of halogens is 1. The first-order valence-electron chi connectivity index (χ1n) is 7.93. The van der Waals surface area contributed by atoms with Gasteiger partial charge in [0.15, 0.2) is 0 Å². The Morgan fingerprint density at radius 1 is 1.33 bits per heavy atom. The zero-order chi connectivity index (χ0) is 13.8. The Labute approximate surface area is 137 Å². The third-order valence-corrected chi connectivity index (χ3v) is 5.63. The van der Waals surface area contributed by atoms with E-state index >= 15 is 0 Å². The molecule has 1 aromatic heterocycles.